The SMILES string of the molecule is CCOC(=O)c1c[nH]c2c(Cl)ncnc12.CCOC(=O)c1c[nH]c2c(Cl)ncnc12. The van der Waals surface area contributed by atoms with Gasteiger partial charge in [0.2, 0.25) is 0 Å². The number of esters is 2. The van der Waals surface area contributed by atoms with Crippen LogP contribution in [0, 0.1) is 0 Å². The predicted octanol–water partition coefficient (Wildman–Crippen LogP) is 3.58. The van der Waals surface area contributed by atoms with E-state index in [0.29, 0.717) is 46.4 Å². The van der Waals surface area contributed by atoms with Crippen LogP contribution in [-0.4, -0.2) is 55.1 Å². The lowest BCUT2D eigenvalue weighted by Gasteiger charge is -1.98. The van der Waals surface area contributed by atoms with Crippen LogP contribution in [0.15, 0.2) is 25.0 Å². The largest absolute Gasteiger partial charge is 0.462 e. The lowest BCUT2D eigenvalue weighted by Crippen LogP contribution is -2.04. The Bertz CT molecular complexity index is 1110. The van der Waals surface area contributed by atoms with Gasteiger partial charge in [0.05, 0.1) is 13.2 Å². The van der Waals surface area contributed by atoms with E-state index >= 15 is 0 Å². The van der Waals surface area contributed by atoms with Crippen molar-refractivity contribution < 1.29 is 19.1 Å². The Balaban J connectivity index is 0.000000171. The van der Waals surface area contributed by atoms with Crippen molar-refractivity contribution in [2.24, 2.45) is 0 Å². The van der Waals surface area contributed by atoms with E-state index in [1.54, 1.807) is 13.8 Å². The van der Waals surface area contributed by atoms with Gasteiger partial charge in [0.15, 0.2) is 10.3 Å². The molecule has 2 N–H and O–H groups in total. The zero-order chi connectivity index (χ0) is 21.7. The third-order valence-electron chi connectivity index (χ3n) is 3.82. The third-order valence-corrected chi connectivity index (χ3v) is 4.40. The molecule has 0 unspecified atom stereocenters. The van der Waals surface area contributed by atoms with E-state index < -0.39 is 11.9 Å². The van der Waals surface area contributed by atoms with Crippen molar-refractivity contribution in [2.45, 2.75) is 13.8 Å². The van der Waals surface area contributed by atoms with Gasteiger partial charge in [0.25, 0.3) is 0 Å². The van der Waals surface area contributed by atoms with Crippen molar-refractivity contribution in [1.82, 2.24) is 29.9 Å². The van der Waals surface area contributed by atoms with Crippen LogP contribution in [0.2, 0.25) is 10.3 Å². The second-order valence-electron chi connectivity index (χ2n) is 5.62. The maximum Gasteiger partial charge on any atom is 0.341 e. The highest BCUT2D eigenvalue weighted by atomic mass is 35.5. The summed E-state index contributed by atoms with van der Waals surface area (Å²) in [5.41, 5.74) is 2.79. The molecule has 0 aliphatic carbocycles. The lowest BCUT2D eigenvalue weighted by molar-refractivity contribution is 0.0518. The zero-order valence-corrected chi connectivity index (χ0v) is 17.4. The van der Waals surface area contributed by atoms with Gasteiger partial charge < -0.3 is 19.4 Å². The number of H-pyrrole nitrogens is 2. The molecule has 4 rings (SSSR count). The second kappa shape index (κ2) is 9.51. The highest BCUT2D eigenvalue weighted by molar-refractivity contribution is 6.34. The molecule has 10 nitrogen and oxygen atoms in total. The van der Waals surface area contributed by atoms with Crippen molar-refractivity contribution in [1.29, 1.82) is 0 Å². The van der Waals surface area contributed by atoms with Gasteiger partial charge in [-0.3, -0.25) is 0 Å². The first-order chi connectivity index (χ1) is 14.5. The topological polar surface area (TPSA) is 136 Å². The highest BCUT2D eigenvalue weighted by Crippen LogP contribution is 2.22. The molecule has 0 radical (unpaired) electrons. The molecule has 12 heteroatoms. The summed E-state index contributed by atoms with van der Waals surface area (Å²) in [5.74, 6) is -0.836. The van der Waals surface area contributed by atoms with Gasteiger partial charge in [-0.25, -0.2) is 29.5 Å². The summed E-state index contributed by atoms with van der Waals surface area (Å²) in [5, 5.41) is 0.575. The number of aromatic amines is 2. The van der Waals surface area contributed by atoms with Crippen LogP contribution in [-0.2, 0) is 9.47 Å². The maximum atomic E-state index is 11.5. The summed E-state index contributed by atoms with van der Waals surface area (Å²) < 4.78 is 9.74. The van der Waals surface area contributed by atoms with Crippen molar-refractivity contribution in [2.75, 3.05) is 13.2 Å². The molecular formula is C18H16Cl2N6O4. The van der Waals surface area contributed by atoms with E-state index in [9.17, 15) is 9.59 Å². The van der Waals surface area contributed by atoms with Gasteiger partial charge in [-0.1, -0.05) is 23.2 Å². The molecule has 4 aromatic heterocycles. The van der Waals surface area contributed by atoms with E-state index in [1.165, 1.54) is 25.0 Å². The van der Waals surface area contributed by atoms with Crippen molar-refractivity contribution >= 4 is 57.2 Å². The number of hydrogen-bond acceptors (Lipinski definition) is 8. The van der Waals surface area contributed by atoms with E-state index in [1.807, 2.05) is 0 Å². The monoisotopic (exact) mass is 450 g/mol. The number of halogens is 2. The first kappa shape index (κ1) is 21.5. The highest BCUT2D eigenvalue weighted by Gasteiger charge is 2.16. The molecule has 0 aromatic carbocycles. The van der Waals surface area contributed by atoms with Crippen molar-refractivity contribution in [3.8, 4) is 0 Å². The summed E-state index contributed by atoms with van der Waals surface area (Å²) in [6, 6.07) is 0. The fraction of sp³-hybridized carbons (Fsp3) is 0.222. The molecule has 0 saturated carbocycles. The first-order valence-electron chi connectivity index (χ1n) is 8.77. The molecule has 0 aliphatic rings. The van der Waals surface area contributed by atoms with E-state index in [4.69, 9.17) is 32.7 Å². The fourth-order valence-electron chi connectivity index (χ4n) is 2.55. The number of aromatic nitrogens is 6. The number of ether oxygens (including phenoxy) is 2. The van der Waals surface area contributed by atoms with Gasteiger partial charge in [-0.2, -0.15) is 0 Å². The number of nitrogens with zero attached hydrogens (tertiary/aromatic N) is 4. The molecule has 30 heavy (non-hydrogen) atoms. The first-order valence-corrected chi connectivity index (χ1v) is 9.52. The molecule has 0 saturated heterocycles. The number of fused-ring (bicyclic) bond motifs is 2. The van der Waals surface area contributed by atoms with Crippen LogP contribution in [0.4, 0.5) is 0 Å². The summed E-state index contributed by atoms with van der Waals surface area (Å²) in [6.45, 7) is 4.14. The van der Waals surface area contributed by atoms with Gasteiger partial charge in [-0.15, -0.1) is 0 Å². The molecule has 0 aliphatic heterocycles. The minimum Gasteiger partial charge on any atom is -0.462 e. The number of carbonyl (C=O) groups is 2. The average Bonchev–Trinajstić information content (AvgIpc) is 3.35. The number of carbonyl (C=O) groups excluding carboxylic acids is 2. The summed E-state index contributed by atoms with van der Waals surface area (Å²) in [7, 11) is 0. The minimum absolute atomic E-state index is 0.288. The molecule has 0 amide bonds. The Morgan fingerprint density at radius 3 is 1.57 bits per heavy atom. The molecule has 0 atom stereocenters. The molecule has 4 heterocycles. The van der Waals surface area contributed by atoms with E-state index in [2.05, 4.69) is 29.9 Å². The van der Waals surface area contributed by atoms with Gasteiger partial charge in [0.1, 0.15) is 45.8 Å². The predicted molar refractivity (Wildman–Crippen MR) is 110 cm³/mol. The van der Waals surface area contributed by atoms with Crippen LogP contribution in [0.3, 0.4) is 0 Å². The number of nitrogens with one attached hydrogen (secondary N) is 2. The Morgan fingerprint density at radius 2 is 1.20 bits per heavy atom. The Hall–Kier alpha value is -3.24. The van der Waals surface area contributed by atoms with Gasteiger partial charge in [-0.05, 0) is 13.8 Å². The normalized spacial score (nSPS) is 10.5. The summed E-state index contributed by atoms with van der Waals surface area (Å²) in [4.78, 5) is 44.2. The van der Waals surface area contributed by atoms with Crippen LogP contribution >= 0.6 is 23.2 Å². The second-order valence-corrected chi connectivity index (χ2v) is 6.34. The van der Waals surface area contributed by atoms with Gasteiger partial charge in [0, 0.05) is 12.4 Å². The van der Waals surface area contributed by atoms with Crippen LogP contribution in [0.1, 0.15) is 34.6 Å². The smallest absolute Gasteiger partial charge is 0.341 e. The standard InChI is InChI=1S/2C9H8ClN3O2/c2*1-2-15-9(14)5-3-11-7-6(5)12-4-13-8(7)10/h2*3-4,11H,2H2,1H3. The van der Waals surface area contributed by atoms with Crippen LogP contribution in [0.25, 0.3) is 22.1 Å². The average molecular weight is 451 g/mol. The Labute approximate surface area is 180 Å². The molecular weight excluding hydrogens is 435 g/mol. The molecule has 4 aromatic rings. The molecule has 0 spiro atoms. The van der Waals surface area contributed by atoms with Gasteiger partial charge >= 0.3 is 11.9 Å². The number of hydrogen-bond donors (Lipinski definition) is 2. The third kappa shape index (κ3) is 4.34. The van der Waals surface area contributed by atoms with Crippen molar-refractivity contribution in [3.63, 3.8) is 0 Å². The maximum absolute atomic E-state index is 11.5. The van der Waals surface area contributed by atoms with Crippen LogP contribution in [0.5, 0.6) is 0 Å². The quantitative estimate of drug-likeness (QED) is 0.355. The summed E-state index contributed by atoms with van der Waals surface area (Å²) >= 11 is 11.6. The van der Waals surface area contributed by atoms with E-state index in [0.717, 1.165) is 0 Å². The minimum atomic E-state index is -0.418. The Kier molecular flexibility index (Phi) is 6.80. The fourth-order valence-corrected chi connectivity index (χ4v) is 2.92. The molecule has 0 fully saturated rings. The Morgan fingerprint density at radius 1 is 0.800 bits per heavy atom. The summed E-state index contributed by atoms with van der Waals surface area (Å²) in [6.07, 6.45) is 5.65. The van der Waals surface area contributed by atoms with Crippen molar-refractivity contribution in [3.05, 3.63) is 46.5 Å². The van der Waals surface area contributed by atoms with E-state index in [-0.39, 0.29) is 10.3 Å². The van der Waals surface area contributed by atoms with Crippen LogP contribution < -0.4 is 0 Å². The number of rotatable bonds is 4. The molecule has 156 valence electrons. The molecule has 0 bridgehead atoms. The zero-order valence-electron chi connectivity index (χ0n) is 15.9. The lowest BCUT2D eigenvalue weighted by atomic mass is 10.3.